The molecule has 0 unspecified atom stereocenters. The molecule has 0 saturated heterocycles. The zero-order valence-corrected chi connectivity index (χ0v) is 18.9. The van der Waals surface area contributed by atoms with Gasteiger partial charge in [-0.25, -0.2) is 4.98 Å². The molecule has 2 nitrogen and oxygen atoms in total. The lowest BCUT2D eigenvalue weighted by Gasteiger charge is -2.12. The van der Waals surface area contributed by atoms with Crippen molar-refractivity contribution in [2.45, 2.75) is 25.7 Å². The number of hydrogen-bond acceptors (Lipinski definition) is 3. The Labute approximate surface area is 183 Å². The standard InChI is InChI=1S/C25H20BrNOS/c1-15-4-10-20(11-5-15)29-25(28)22-14-23(18-6-8-19(26)9-7-18)27-24-17(3)12-16(2)13-21(22)24/h4-14H,1-3H3. The molecular weight excluding hydrogens is 442 g/mol. The molecule has 4 heteroatoms. The third-order valence-electron chi connectivity index (χ3n) is 4.84. The largest absolute Gasteiger partial charge is 0.281 e. The van der Waals surface area contributed by atoms with E-state index in [1.165, 1.54) is 17.3 Å². The van der Waals surface area contributed by atoms with E-state index >= 15 is 0 Å². The lowest BCUT2D eigenvalue weighted by Crippen LogP contribution is -2.00. The van der Waals surface area contributed by atoms with Crippen LogP contribution in [-0.4, -0.2) is 10.1 Å². The SMILES string of the molecule is Cc1ccc(SC(=O)c2cc(-c3ccc(Br)cc3)nc3c(C)cc(C)cc23)cc1. The van der Waals surface area contributed by atoms with Crippen LogP contribution in [0.4, 0.5) is 0 Å². The number of pyridine rings is 1. The highest BCUT2D eigenvalue weighted by molar-refractivity contribution is 9.10. The van der Waals surface area contributed by atoms with Gasteiger partial charge in [0.05, 0.1) is 11.2 Å². The number of carbonyl (C=O) groups excluding carboxylic acids is 1. The number of rotatable bonds is 3. The van der Waals surface area contributed by atoms with Crippen molar-refractivity contribution in [3.63, 3.8) is 0 Å². The Bertz CT molecular complexity index is 1210. The molecule has 4 rings (SSSR count). The van der Waals surface area contributed by atoms with Gasteiger partial charge >= 0.3 is 0 Å². The molecule has 0 amide bonds. The Morgan fingerprint density at radius 2 is 1.55 bits per heavy atom. The Morgan fingerprint density at radius 3 is 2.24 bits per heavy atom. The number of halogens is 1. The van der Waals surface area contributed by atoms with Crippen LogP contribution in [0.1, 0.15) is 27.0 Å². The Balaban J connectivity index is 1.86. The predicted octanol–water partition coefficient (Wildman–Crippen LogP) is 7.52. The molecule has 0 spiro atoms. The fourth-order valence-electron chi connectivity index (χ4n) is 3.39. The van der Waals surface area contributed by atoms with Crippen molar-refractivity contribution in [2.75, 3.05) is 0 Å². The maximum absolute atomic E-state index is 13.3. The molecular formula is C25H20BrNOS. The summed E-state index contributed by atoms with van der Waals surface area (Å²) in [4.78, 5) is 19.1. The van der Waals surface area contributed by atoms with E-state index in [-0.39, 0.29) is 5.12 Å². The van der Waals surface area contributed by atoms with Crippen molar-refractivity contribution in [3.8, 4) is 11.3 Å². The van der Waals surface area contributed by atoms with Crippen LogP contribution in [-0.2, 0) is 0 Å². The van der Waals surface area contributed by atoms with Gasteiger partial charge in [0.2, 0.25) is 5.12 Å². The molecule has 4 aromatic rings. The molecule has 0 fully saturated rings. The van der Waals surface area contributed by atoms with E-state index in [0.717, 1.165) is 42.7 Å². The number of hydrogen-bond donors (Lipinski definition) is 0. The summed E-state index contributed by atoms with van der Waals surface area (Å²) >= 11 is 4.74. The van der Waals surface area contributed by atoms with Crippen molar-refractivity contribution in [1.82, 2.24) is 4.98 Å². The minimum absolute atomic E-state index is 0.0321. The van der Waals surface area contributed by atoms with Crippen molar-refractivity contribution < 1.29 is 4.79 Å². The third-order valence-corrected chi connectivity index (χ3v) is 6.28. The smallest absolute Gasteiger partial charge is 0.224 e. The van der Waals surface area contributed by atoms with E-state index in [0.29, 0.717) is 5.56 Å². The van der Waals surface area contributed by atoms with Gasteiger partial charge in [-0.3, -0.25) is 4.79 Å². The van der Waals surface area contributed by atoms with E-state index < -0.39 is 0 Å². The summed E-state index contributed by atoms with van der Waals surface area (Å²) < 4.78 is 1.01. The number of thioether (sulfide) groups is 1. The molecule has 0 saturated carbocycles. The molecule has 1 heterocycles. The normalized spacial score (nSPS) is 11.0. The predicted molar refractivity (Wildman–Crippen MR) is 126 cm³/mol. The summed E-state index contributed by atoms with van der Waals surface area (Å²) in [6.07, 6.45) is 0. The van der Waals surface area contributed by atoms with Crippen molar-refractivity contribution in [3.05, 3.63) is 93.5 Å². The van der Waals surface area contributed by atoms with Crippen LogP contribution in [0.3, 0.4) is 0 Å². The van der Waals surface area contributed by atoms with Crippen LogP contribution in [0.5, 0.6) is 0 Å². The number of benzene rings is 3. The second-order valence-corrected chi connectivity index (χ2v) is 9.20. The molecule has 0 N–H and O–H groups in total. The van der Waals surface area contributed by atoms with Crippen LogP contribution in [0, 0.1) is 20.8 Å². The Morgan fingerprint density at radius 1 is 0.862 bits per heavy atom. The third kappa shape index (κ3) is 4.29. The van der Waals surface area contributed by atoms with Crippen molar-refractivity contribution in [1.29, 1.82) is 0 Å². The number of nitrogens with zero attached hydrogens (tertiary/aromatic N) is 1. The summed E-state index contributed by atoms with van der Waals surface area (Å²) in [6.45, 7) is 6.15. The van der Waals surface area contributed by atoms with Crippen LogP contribution >= 0.6 is 27.7 Å². The first-order chi connectivity index (χ1) is 13.9. The average Bonchev–Trinajstić information content (AvgIpc) is 2.69. The lowest BCUT2D eigenvalue weighted by atomic mass is 10.0. The van der Waals surface area contributed by atoms with Gasteiger partial charge < -0.3 is 0 Å². The highest BCUT2D eigenvalue weighted by Crippen LogP contribution is 2.32. The first kappa shape index (κ1) is 19.9. The van der Waals surface area contributed by atoms with Gasteiger partial charge in [-0.15, -0.1) is 0 Å². The summed E-state index contributed by atoms with van der Waals surface area (Å²) in [6, 6.07) is 22.2. The molecule has 3 aromatic carbocycles. The summed E-state index contributed by atoms with van der Waals surface area (Å²) in [5.74, 6) is 0. The minimum Gasteiger partial charge on any atom is -0.281 e. The quantitative estimate of drug-likeness (QED) is 0.295. The van der Waals surface area contributed by atoms with E-state index in [4.69, 9.17) is 4.98 Å². The van der Waals surface area contributed by atoms with E-state index in [1.54, 1.807) is 0 Å². The van der Waals surface area contributed by atoms with Gasteiger partial charge in [0.15, 0.2) is 0 Å². The zero-order chi connectivity index (χ0) is 20.5. The number of aryl methyl sites for hydroxylation is 3. The highest BCUT2D eigenvalue weighted by atomic mass is 79.9. The Kier molecular flexibility index (Phi) is 5.57. The summed E-state index contributed by atoms with van der Waals surface area (Å²) in [5, 5.41) is 0.942. The van der Waals surface area contributed by atoms with Crippen LogP contribution in [0.2, 0.25) is 0 Å². The number of fused-ring (bicyclic) bond motifs is 1. The topological polar surface area (TPSA) is 30.0 Å². The lowest BCUT2D eigenvalue weighted by molar-refractivity contribution is 0.109. The second-order valence-electron chi connectivity index (χ2n) is 7.24. The summed E-state index contributed by atoms with van der Waals surface area (Å²) in [5.41, 5.74) is 6.76. The number of carbonyl (C=O) groups is 1. The molecule has 0 aliphatic heterocycles. The maximum atomic E-state index is 13.3. The zero-order valence-electron chi connectivity index (χ0n) is 16.5. The van der Waals surface area contributed by atoms with E-state index in [1.807, 2.05) is 61.5 Å². The molecule has 0 aliphatic rings. The first-order valence-electron chi connectivity index (χ1n) is 9.37. The van der Waals surface area contributed by atoms with Gasteiger partial charge in [-0.2, -0.15) is 0 Å². The van der Waals surface area contributed by atoms with Gasteiger partial charge in [0, 0.05) is 25.9 Å². The minimum atomic E-state index is 0.0321. The van der Waals surface area contributed by atoms with E-state index in [2.05, 4.69) is 41.9 Å². The molecule has 29 heavy (non-hydrogen) atoms. The molecule has 0 atom stereocenters. The second kappa shape index (κ2) is 8.13. The fraction of sp³-hybridized carbons (Fsp3) is 0.120. The van der Waals surface area contributed by atoms with Crippen LogP contribution in [0.25, 0.3) is 22.2 Å². The van der Waals surface area contributed by atoms with Gasteiger partial charge in [-0.05, 0) is 74.5 Å². The molecule has 0 bridgehead atoms. The number of aromatic nitrogens is 1. The monoisotopic (exact) mass is 461 g/mol. The fourth-order valence-corrected chi connectivity index (χ4v) is 4.42. The Hall–Kier alpha value is -2.43. The average molecular weight is 462 g/mol. The molecule has 1 aromatic heterocycles. The van der Waals surface area contributed by atoms with Crippen LogP contribution < -0.4 is 0 Å². The summed E-state index contributed by atoms with van der Waals surface area (Å²) in [7, 11) is 0. The molecule has 0 aliphatic carbocycles. The van der Waals surface area contributed by atoms with E-state index in [9.17, 15) is 4.79 Å². The van der Waals surface area contributed by atoms with Crippen molar-refractivity contribution in [2.24, 2.45) is 0 Å². The highest BCUT2D eigenvalue weighted by Gasteiger charge is 2.17. The van der Waals surface area contributed by atoms with Gasteiger partial charge in [0.1, 0.15) is 0 Å². The van der Waals surface area contributed by atoms with Crippen molar-refractivity contribution >= 4 is 43.7 Å². The van der Waals surface area contributed by atoms with Crippen LogP contribution in [0.15, 0.2) is 76.1 Å². The maximum Gasteiger partial charge on any atom is 0.224 e. The molecule has 0 radical (unpaired) electrons. The first-order valence-corrected chi connectivity index (χ1v) is 11.0. The van der Waals surface area contributed by atoms with Gasteiger partial charge in [-0.1, -0.05) is 57.4 Å². The molecule has 144 valence electrons. The van der Waals surface area contributed by atoms with Gasteiger partial charge in [0.25, 0.3) is 0 Å².